The summed E-state index contributed by atoms with van der Waals surface area (Å²) in [4.78, 5) is 28.3. The minimum absolute atomic E-state index is 0.106. The maximum Gasteiger partial charge on any atom is 0.246 e. The highest BCUT2D eigenvalue weighted by atomic mass is 35.5. The van der Waals surface area contributed by atoms with E-state index in [4.69, 9.17) is 18.2 Å². The van der Waals surface area contributed by atoms with E-state index in [-0.39, 0.29) is 29.7 Å². The highest BCUT2D eigenvalue weighted by molar-refractivity contribution is 6.35. The van der Waals surface area contributed by atoms with E-state index in [0.29, 0.717) is 41.0 Å². The van der Waals surface area contributed by atoms with Crippen LogP contribution in [0.3, 0.4) is 0 Å². The average molecular weight is 490 g/mol. The molecule has 4 heterocycles. The molecule has 1 aliphatic heterocycles. The number of carbonyl (C=O) groups excluding carboxylic acids is 1. The summed E-state index contributed by atoms with van der Waals surface area (Å²) in [6, 6.07) is 3.36. The molecule has 4 aromatic rings. The lowest BCUT2D eigenvalue weighted by Crippen LogP contribution is -2.56. The molecule has 8 nitrogen and oxygen atoms in total. The number of anilines is 1. The summed E-state index contributed by atoms with van der Waals surface area (Å²) in [6.45, 7) is 14.3. The van der Waals surface area contributed by atoms with Crippen LogP contribution in [0.5, 0.6) is 0 Å². The van der Waals surface area contributed by atoms with Gasteiger partial charge in [0.25, 0.3) is 0 Å². The van der Waals surface area contributed by atoms with Gasteiger partial charge in [0.15, 0.2) is 5.82 Å². The summed E-state index contributed by atoms with van der Waals surface area (Å²) in [5, 5.41) is 8.60. The number of nitrogens with zero attached hydrogens (tertiary/aromatic N) is 6. The number of aromatic nitrogens is 4. The highest BCUT2D eigenvalue weighted by Gasteiger charge is 2.32. The van der Waals surface area contributed by atoms with Crippen LogP contribution in [0.15, 0.2) is 43.4 Å². The molecule has 0 unspecified atom stereocenters. The number of fused-ring (bicyclic) bond motifs is 2. The zero-order valence-corrected chi connectivity index (χ0v) is 19.7. The fourth-order valence-electron chi connectivity index (χ4n) is 4.69. The molecule has 176 valence electrons. The molecular formula is C25H21ClFN7O. The molecule has 1 fully saturated rings. The van der Waals surface area contributed by atoms with Gasteiger partial charge in [0, 0.05) is 54.1 Å². The van der Waals surface area contributed by atoms with Gasteiger partial charge in [0.2, 0.25) is 12.5 Å². The van der Waals surface area contributed by atoms with Gasteiger partial charge in [-0.15, -0.1) is 0 Å². The number of halogens is 2. The van der Waals surface area contributed by atoms with Crippen molar-refractivity contribution in [1.82, 2.24) is 25.1 Å². The van der Waals surface area contributed by atoms with Crippen molar-refractivity contribution >= 4 is 45.0 Å². The summed E-state index contributed by atoms with van der Waals surface area (Å²) >= 11 is 6.60. The van der Waals surface area contributed by atoms with E-state index >= 15 is 4.39 Å². The van der Waals surface area contributed by atoms with Crippen molar-refractivity contribution in [2.24, 2.45) is 0 Å². The first-order valence-corrected chi connectivity index (χ1v) is 11.4. The van der Waals surface area contributed by atoms with Gasteiger partial charge in [-0.3, -0.25) is 19.9 Å². The van der Waals surface area contributed by atoms with Crippen LogP contribution in [-0.4, -0.2) is 63.2 Å². The molecule has 1 N–H and O–H groups in total. The van der Waals surface area contributed by atoms with Crippen LogP contribution in [-0.2, 0) is 4.79 Å². The number of aryl methyl sites for hydroxylation is 1. The molecule has 35 heavy (non-hydrogen) atoms. The summed E-state index contributed by atoms with van der Waals surface area (Å²) in [5.41, 5.74) is 3.01. The fourth-order valence-corrected chi connectivity index (χ4v) is 4.93. The number of carbonyl (C=O) groups is 1. The average Bonchev–Trinajstić information content (AvgIpc) is 3.33. The third-order valence-electron chi connectivity index (χ3n) is 6.39. The van der Waals surface area contributed by atoms with Crippen LogP contribution in [0, 0.1) is 19.3 Å². The summed E-state index contributed by atoms with van der Waals surface area (Å²) in [6.07, 6.45) is 6.03. The van der Waals surface area contributed by atoms with Crippen molar-refractivity contribution in [1.29, 1.82) is 0 Å². The lowest BCUT2D eigenvalue weighted by molar-refractivity contribution is -0.128. The van der Waals surface area contributed by atoms with Crippen molar-refractivity contribution in [3.63, 3.8) is 0 Å². The molecule has 1 saturated heterocycles. The zero-order valence-electron chi connectivity index (χ0n) is 18.9. The molecule has 0 saturated carbocycles. The van der Waals surface area contributed by atoms with Crippen molar-refractivity contribution in [2.75, 3.05) is 31.1 Å². The van der Waals surface area contributed by atoms with E-state index < -0.39 is 5.82 Å². The number of hydrogen-bond donors (Lipinski definition) is 1. The standard InChI is InChI=1S/C25H21ClFN7O/c1-4-20(35)34-8-7-33(13-15(34)10-28-3)19-5-6-29-24-17(19)11-30-25(23(24)27)21-16-12-31-32-18(16)9-14(2)22(21)26/h4-6,9,11-12,15H,1,7-8,10,13H2,2H3,(H,31,32)/t15-/m0/s1. The Bertz CT molecular complexity index is 1530. The Morgan fingerprint density at radius 3 is 2.97 bits per heavy atom. The van der Waals surface area contributed by atoms with Crippen LogP contribution in [0.25, 0.3) is 37.9 Å². The van der Waals surface area contributed by atoms with Gasteiger partial charge in [0.05, 0.1) is 16.7 Å². The van der Waals surface area contributed by atoms with Gasteiger partial charge in [-0.05, 0) is 30.7 Å². The second-order valence-corrected chi connectivity index (χ2v) is 8.78. The van der Waals surface area contributed by atoms with Gasteiger partial charge in [-0.2, -0.15) is 5.10 Å². The maximum absolute atomic E-state index is 15.9. The minimum atomic E-state index is -0.572. The normalized spacial score (nSPS) is 16.0. The number of rotatable bonds is 4. The number of aromatic amines is 1. The third kappa shape index (κ3) is 3.76. The Labute approximate surface area is 205 Å². The van der Waals surface area contributed by atoms with E-state index in [1.165, 1.54) is 6.08 Å². The Morgan fingerprint density at radius 2 is 2.20 bits per heavy atom. The van der Waals surface area contributed by atoms with E-state index in [0.717, 1.165) is 16.8 Å². The number of piperazine rings is 1. The Kier molecular flexibility index (Phi) is 5.83. The summed E-state index contributed by atoms with van der Waals surface area (Å²) in [5.74, 6) is -0.770. The van der Waals surface area contributed by atoms with Gasteiger partial charge in [-0.1, -0.05) is 18.2 Å². The molecule has 3 aromatic heterocycles. The maximum atomic E-state index is 15.9. The predicted molar refractivity (Wildman–Crippen MR) is 134 cm³/mol. The van der Waals surface area contributed by atoms with E-state index in [1.54, 1.807) is 29.6 Å². The number of nitrogens with one attached hydrogen (secondary N) is 1. The summed E-state index contributed by atoms with van der Waals surface area (Å²) < 4.78 is 15.9. The largest absolute Gasteiger partial charge is 0.367 e. The third-order valence-corrected chi connectivity index (χ3v) is 6.88. The molecule has 1 aromatic carbocycles. The number of pyridine rings is 2. The molecule has 0 aliphatic carbocycles. The minimum Gasteiger partial charge on any atom is -0.367 e. The van der Waals surface area contributed by atoms with Gasteiger partial charge in [0.1, 0.15) is 17.3 Å². The Hall–Kier alpha value is -4.03. The van der Waals surface area contributed by atoms with Crippen LogP contribution in [0.4, 0.5) is 10.1 Å². The fraction of sp³-hybridized carbons (Fsp3) is 0.240. The second-order valence-electron chi connectivity index (χ2n) is 8.40. The van der Waals surface area contributed by atoms with Crippen molar-refractivity contribution in [3.8, 4) is 11.3 Å². The summed E-state index contributed by atoms with van der Waals surface area (Å²) in [7, 11) is 0. The quantitative estimate of drug-likeness (QED) is 0.339. The lowest BCUT2D eigenvalue weighted by atomic mass is 10.0. The second kappa shape index (κ2) is 8.96. The predicted octanol–water partition coefficient (Wildman–Crippen LogP) is 4.40. The Balaban J connectivity index is 1.59. The van der Waals surface area contributed by atoms with Gasteiger partial charge >= 0.3 is 0 Å². The molecule has 1 aliphatic rings. The molecule has 10 heteroatoms. The lowest BCUT2D eigenvalue weighted by Gasteiger charge is -2.40. The van der Waals surface area contributed by atoms with Crippen molar-refractivity contribution < 1.29 is 9.18 Å². The number of H-pyrrole nitrogens is 1. The highest BCUT2D eigenvalue weighted by Crippen LogP contribution is 2.39. The molecule has 0 bridgehead atoms. The van der Waals surface area contributed by atoms with E-state index in [9.17, 15) is 4.79 Å². The van der Waals surface area contributed by atoms with Crippen LogP contribution >= 0.6 is 11.6 Å². The van der Waals surface area contributed by atoms with Gasteiger partial charge < -0.3 is 14.6 Å². The number of benzene rings is 1. The molecule has 0 spiro atoms. The SMILES string of the molecule is [C-]#[N+]C[C@H]1CN(c2ccnc3c(F)c(-c4c(Cl)c(C)cc5[nH]ncc45)ncc23)CCN1C(=O)C=C. The van der Waals surface area contributed by atoms with Crippen LogP contribution in [0.1, 0.15) is 5.56 Å². The van der Waals surface area contributed by atoms with E-state index in [1.807, 2.05) is 17.9 Å². The van der Waals surface area contributed by atoms with Crippen molar-refractivity contribution in [3.05, 3.63) is 71.2 Å². The smallest absolute Gasteiger partial charge is 0.246 e. The van der Waals surface area contributed by atoms with Crippen LogP contribution in [0.2, 0.25) is 5.02 Å². The number of hydrogen-bond acceptors (Lipinski definition) is 5. The van der Waals surface area contributed by atoms with Crippen molar-refractivity contribution in [2.45, 2.75) is 13.0 Å². The first kappa shape index (κ1) is 22.7. The molecule has 1 atom stereocenters. The Morgan fingerprint density at radius 1 is 1.37 bits per heavy atom. The first-order chi connectivity index (χ1) is 16.9. The number of amides is 1. The monoisotopic (exact) mass is 489 g/mol. The molecule has 1 amide bonds. The molecule has 0 radical (unpaired) electrons. The van der Waals surface area contributed by atoms with E-state index in [2.05, 4.69) is 31.6 Å². The van der Waals surface area contributed by atoms with Gasteiger partial charge in [-0.25, -0.2) is 11.0 Å². The molecular weight excluding hydrogens is 469 g/mol. The zero-order chi connectivity index (χ0) is 24.7. The molecule has 5 rings (SSSR count). The first-order valence-electron chi connectivity index (χ1n) is 11.0. The topological polar surface area (TPSA) is 82.4 Å². The van der Waals surface area contributed by atoms with Crippen LogP contribution < -0.4 is 4.90 Å².